The maximum Gasteiger partial charge on any atom is 0.303 e. The van der Waals surface area contributed by atoms with Crippen LogP contribution >= 0.6 is 0 Å². The highest BCUT2D eigenvalue weighted by Gasteiger charge is 2.29. The molecular formula is C37H45N7O5. The van der Waals surface area contributed by atoms with Gasteiger partial charge >= 0.3 is 5.97 Å². The predicted octanol–water partition coefficient (Wildman–Crippen LogP) is 3.37. The van der Waals surface area contributed by atoms with Crippen LogP contribution < -0.4 is 14.4 Å². The Bertz CT molecular complexity index is 1680. The maximum absolute atomic E-state index is 12.3. The molecular weight excluding hydrogens is 622 g/mol. The third-order valence-corrected chi connectivity index (χ3v) is 9.76. The number of likely N-dealkylation sites (N-methyl/N-ethyl adjacent to an activating group) is 1. The van der Waals surface area contributed by atoms with Crippen LogP contribution in [-0.2, 0) is 20.7 Å². The molecule has 3 aromatic rings. The topological polar surface area (TPSA) is 124 Å². The van der Waals surface area contributed by atoms with Crippen molar-refractivity contribution < 1.29 is 23.8 Å². The molecule has 1 aromatic heterocycles. The van der Waals surface area contributed by atoms with E-state index in [1.807, 2.05) is 12.1 Å². The average Bonchev–Trinajstić information content (AvgIpc) is 3.60. The minimum absolute atomic E-state index is 0.261. The van der Waals surface area contributed by atoms with Gasteiger partial charge in [-0.05, 0) is 61.9 Å². The molecule has 1 amide bonds. The van der Waals surface area contributed by atoms with Gasteiger partial charge in [-0.3, -0.25) is 14.5 Å². The molecule has 6 rings (SSSR count). The number of hydrogen-bond donors (Lipinski definition) is 0. The van der Waals surface area contributed by atoms with E-state index in [9.17, 15) is 14.9 Å². The fraction of sp³-hybridized carbons (Fsp3) is 0.486. The van der Waals surface area contributed by atoms with Gasteiger partial charge < -0.3 is 28.9 Å². The number of amides is 1. The van der Waals surface area contributed by atoms with E-state index in [0.717, 1.165) is 74.7 Å². The fourth-order valence-corrected chi connectivity index (χ4v) is 6.94. The van der Waals surface area contributed by atoms with E-state index in [-0.39, 0.29) is 18.6 Å². The highest BCUT2D eigenvalue weighted by molar-refractivity contribution is 5.80. The summed E-state index contributed by atoms with van der Waals surface area (Å²) < 4.78 is 16.8. The smallest absolute Gasteiger partial charge is 0.303 e. The third kappa shape index (κ3) is 8.47. The Kier molecular flexibility index (Phi) is 10.9. The molecule has 0 N–H and O–H groups in total. The normalized spacial score (nSPS) is 19.0. The van der Waals surface area contributed by atoms with E-state index < -0.39 is 5.97 Å². The van der Waals surface area contributed by atoms with Crippen LogP contribution in [0, 0.1) is 11.3 Å². The SMILES string of the molecule is COc1cc(Cc2nccc(-c3ccc(OC4CCN(C(=O)COC(C)=O)C4)c(C#N)c3)n2)ccc1N1CCC(N2CCN(C)CC2)CC1. The average molecular weight is 668 g/mol. The first-order valence-corrected chi connectivity index (χ1v) is 17.1. The Morgan fingerprint density at radius 1 is 0.959 bits per heavy atom. The molecule has 1 unspecified atom stereocenters. The Morgan fingerprint density at radius 3 is 2.49 bits per heavy atom. The summed E-state index contributed by atoms with van der Waals surface area (Å²) in [4.78, 5) is 41.9. The number of esters is 1. The van der Waals surface area contributed by atoms with Crippen molar-refractivity contribution in [2.45, 2.75) is 44.8 Å². The molecule has 3 saturated heterocycles. The molecule has 49 heavy (non-hydrogen) atoms. The van der Waals surface area contributed by atoms with Crippen molar-refractivity contribution >= 4 is 17.6 Å². The van der Waals surface area contributed by atoms with Gasteiger partial charge in [0.05, 0.1) is 30.6 Å². The molecule has 0 bridgehead atoms. The zero-order valence-electron chi connectivity index (χ0n) is 28.6. The lowest BCUT2D eigenvalue weighted by molar-refractivity contribution is -0.149. The largest absolute Gasteiger partial charge is 0.495 e. The summed E-state index contributed by atoms with van der Waals surface area (Å²) in [5.41, 5.74) is 4.06. The first kappa shape index (κ1) is 34.1. The number of likely N-dealkylation sites (tertiary alicyclic amines) is 1. The van der Waals surface area contributed by atoms with Crippen LogP contribution in [0.25, 0.3) is 11.3 Å². The lowest BCUT2D eigenvalue weighted by Crippen LogP contribution is -2.52. The van der Waals surface area contributed by atoms with Crippen molar-refractivity contribution in [2.75, 3.05) is 78.0 Å². The number of aromatic nitrogens is 2. The van der Waals surface area contributed by atoms with Crippen LogP contribution in [0.3, 0.4) is 0 Å². The van der Waals surface area contributed by atoms with Crippen LogP contribution in [0.15, 0.2) is 48.7 Å². The summed E-state index contributed by atoms with van der Waals surface area (Å²) in [6, 6.07) is 16.5. The fourth-order valence-electron chi connectivity index (χ4n) is 6.94. The number of methoxy groups -OCH3 is 1. The standard InChI is InChI=1S/C37H45N7O5/c1-26(45)48-25-37(46)44-15-11-31(24-44)49-34-7-5-28(22-29(34)23-38)32-8-12-39-36(40-32)21-27-4-6-33(35(20-27)47-3)43-13-9-30(10-14-43)42-18-16-41(2)17-19-42/h4-8,12,20,22,30-31H,9-11,13-19,21,24-25H2,1-3H3. The minimum Gasteiger partial charge on any atom is -0.495 e. The molecule has 3 fully saturated rings. The van der Waals surface area contributed by atoms with Gasteiger partial charge in [-0.25, -0.2) is 9.97 Å². The summed E-state index contributed by atoms with van der Waals surface area (Å²) in [5.74, 6) is 1.23. The van der Waals surface area contributed by atoms with Crippen molar-refractivity contribution in [2.24, 2.45) is 0 Å². The van der Waals surface area contributed by atoms with Gasteiger partial charge in [-0.2, -0.15) is 5.26 Å². The quantitative estimate of drug-likeness (QED) is 0.296. The van der Waals surface area contributed by atoms with E-state index in [1.165, 1.54) is 6.92 Å². The highest BCUT2D eigenvalue weighted by Crippen LogP contribution is 2.33. The number of anilines is 1. The van der Waals surface area contributed by atoms with Crippen LogP contribution in [0.5, 0.6) is 11.5 Å². The molecule has 4 heterocycles. The second-order valence-corrected chi connectivity index (χ2v) is 13.1. The maximum atomic E-state index is 12.3. The number of ether oxygens (including phenoxy) is 3. The zero-order chi connectivity index (χ0) is 34.3. The van der Waals surface area contributed by atoms with E-state index in [1.54, 1.807) is 30.3 Å². The first-order valence-electron chi connectivity index (χ1n) is 17.1. The lowest BCUT2D eigenvalue weighted by Gasteiger charge is -2.42. The predicted molar refractivity (Wildman–Crippen MR) is 185 cm³/mol. The Morgan fingerprint density at radius 2 is 1.76 bits per heavy atom. The number of piperazine rings is 1. The number of nitrogens with zero attached hydrogens (tertiary/aromatic N) is 7. The molecule has 258 valence electrons. The van der Waals surface area contributed by atoms with Gasteiger partial charge in [0.2, 0.25) is 0 Å². The second kappa shape index (κ2) is 15.7. The third-order valence-electron chi connectivity index (χ3n) is 9.76. The summed E-state index contributed by atoms with van der Waals surface area (Å²) >= 11 is 0. The molecule has 3 aliphatic heterocycles. The monoisotopic (exact) mass is 667 g/mol. The Hall–Kier alpha value is -4.73. The molecule has 0 saturated carbocycles. The molecule has 0 radical (unpaired) electrons. The molecule has 2 aromatic carbocycles. The van der Waals surface area contributed by atoms with Crippen LogP contribution in [0.2, 0.25) is 0 Å². The van der Waals surface area contributed by atoms with Gasteiger partial charge in [-0.1, -0.05) is 6.07 Å². The molecule has 12 heteroatoms. The summed E-state index contributed by atoms with van der Waals surface area (Å²) in [6.07, 6.45) is 4.96. The second-order valence-electron chi connectivity index (χ2n) is 13.1. The summed E-state index contributed by atoms with van der Waals surface area (Å²) in [5, 5.41) is 9.93. The van der Waals surface area contributed by atoms with E-state index in [4.69, 9.17) is 19.2 Å². The summed E-state index contributed by atoms with van der Waals surface area (Å²) in [7, 11) is 3.93. The number of piperidine rings is 1. The number of benzene rings is 2. The van der Waals surface area contributed by atoms with Crippen LogP contribution in [-0.4, -0.2) is 122 Å². The number of carbonyl (C=O) groups is 2. The van der Waals surface area contributed by atoms with Crippen molar-refractivity contribution in [1.29, 1.82) is 5.26 Å². The van der Waals surface area contributed by atoms with Crippen molar-refractivity contribution in [3.05, 3.63) is 65.6 Å². The van der Waals surface area contributed by atoms with Gasteiger partial charge in [0.1, 0.15) is 29.5 Å². The zero-order valence-corrected chi connectivity index (χ0v) is 28.6. The number of rotatable bonds is 10. The van der Waals surface area contributed by atoms with Gasteiger partial charge in [0.15, 0.2) is 6.61 Å². The van der Waals surface area contributed by atoms with Gasteiger partial charge in [-0.15, -0.1) is 0 Å². The minimum atomic E-state index is -0.494. The summed E-state index contributed by atoms with van der Waals surface area (Å²) in [6.45, 7) is 8.51. The van der Waals surface area contributed by atoms with E-state index >= 15 is 0 Å². The molecule has 0 spiro atoms. The van der Waals surface area contributed by atoms with Crippen LogP contribution in [0.1, 0.15) is 43.1 Å². The molecule has 0 aliphatic carbocycles. The first-order chi connectivity index (χ1) is 23.8. The number of carbonyl (C=O) groups excluding carboxylic acids is 2. The Balaban J connectivity index is 1.07. The lowest BCUT2D eigenvalue weighted by atomic mass is 10.0. The number of nitriles is 1. The number of hydrogen-bond acceptors (Lipinski definition) is 11. The molecule has 1 atom stereocenters. The van der Waals surface area contributed by atoms with E-state index in [0.29, 0.717) is 54.8 Å². The van der Waals surface area contributed by atoms with Gasteiger partial charge in [0.25, 0.3) is 5.91 Å². The molecule has 3 aliphatic rings. The highest BCUT2D eigenvalue weighted by atomic mass is 16.5. The van der Waals surface area contributed by atoms with Crippen molar-refractivity contribution in [3.63, 3.8) is 0 Å². The molecule has 12 nitrogen and oxygen atoms in total. The Labute approximate surface area is 288 Å². The van der Waals surface area contributed by atoms with Crippen LogP contribution in [0.4, 0.5) is 5.69 Å². The van der Waals surface area contributed by atoms with Gasteiger partial charge in [0, 0.05) is 83.4 Å². The van der Waals surface area contributed by atoms with E-state index in [2.05, 4.69) is 51.0 Å². The van der Waals surface area contributed by atoms with Crippen molar-refractivity contribution in [3.8, 4) is 28.8 Å². The van der Waals surface area contributed by atoms with Crippen molar-refractivity contribution in [1.82, 2.24) is 24.7 Å².